The van der Waals surface area contributed by atoms with Crippen LogP contribution in [0.5, 0.6) is 0 Å². The van der Waals surface area contributed by atoms with Crippen LogP contribution in [0.25, 0.3) is 0 Å². The molecule has 4 nitrogen and oxygen atoms in total. The van der Waals surface area contributed by atoms with Crippen LogP contribution in [-0.4, -0.2) is 40.1 Å². The summed E-state index contributed by atoms with van der Waals surface area (Å²) in [6.45, 7) is 6.18. The quantitative estimate of drug-likeness (QED) is 0.749. The van der Waals surface area contributed by atoms with Gasteiger partial charge in [0, 0.05) is 31.5 Å². The topological polar surface area (TPSA) is 47.1 Å². The average Bonchev–Trinajstić information content (AvgIpc) is 3.04. The molecule has 0 spiro atoms. The molecule has 1 heterocycles. The molecule has 1 saturated carbocycles. The van der Waals surface area contributed by atoms with Crippen molar-refractivity contribution in [3.05, 3.63) is 18.2 Å². The van der Waals surface area contributed by atoms with Crippen LogP contribution in [0.15, 0.2) is 12.4 Å². The molecule has 1 fully saturated rings. The number of rotatable bonds is 7. The van der Waals surface area contributed by atoms with E-state index < -0.39 is 0 Å². The summed E-state index contributed by atoms with van der Waals surface area (Å²) in [5.41, 5.74) is 5.57. The lowest BCUT2D eigenvalue weighted by atomic mass is 10.3. The standard InChI is InChI=1S/C12H22N4/c1-11-14-6-8-15(11)9-10-16(7-2-5-13)12-3-4-12/h6,8,12H,2-5,7,9-10,13H2,1H3. The van der Waals surface area contributed by atoms with E-state index in [9.17, 15) is 0 Å². The third kappa shape index (κ3) is 3.06. The maximum Gasteiger partial charge on any atom is 0.105 e. The highest BCUT2D eigenvalue weighted by Gasteiger charge is 2.27. The van der Waals surface area contributed by atoms with Gasteiger partial charge in [0.25, 0.3) is 0 Å². The number of imidazole rings is 1. The van der Waals surface area contributed by atoms with Crippen LogP contribution in [0.2, 0.25) is 0 Å². The first kappa shape index (κ1) is 11.6. The number of nitrogens with zero attached hydrogens (tertiary/aromatic N) is 3. The van der Waals surface area contributed by atoms with Crippen molar-refractivity contribution < 1.29 is 0 Å². The number of hydrogen-bond acceptors (Lipinski definition) is 3. The summed E-state index contributed by atoms with van der Waals surface area (Å²) in [5.74, 6) is 1.11. The van der Waals surface area contributed by atoms with Crippen molar-refractivity contribution in [3.8, 4) is 0 Å². The van der Waals surface area contributed by atoms with E-state index in [-0.39, 0.29) is 0 Å². The van der Waals surface area contributed by atoms with Gasteiger partial charge in [0.15, 0.2) is 0 Å². The number of nitrogens with two attached hydrogens (primary N) is 1. The van der Waals surface area contributed by atoms with E-state index in [1.54, 1.807) is 0 Å². The van der Waals surface area contributed by atoms with Gasteiger partial charge in [-0.1, -0.05) is 0 Å². The molecule has 1 aliphatic rings. The van der Waals surface area contributed by atoms with Gasteiger partial charge in [-0.15, -0.1) is 0 Å². The van der Waals surface area contributed by atoms with Gasteiger partial charge < -0.3 is 10.3 Å². The molecule has 0 aromatic carbocycles. The van der Waals surface area contributed by atoms with E-state index in [1.165, 1.54) is 12.8 Å². The number of aromatic nitrogens is 2. The molecule has 1 aromatic rings. The molecule has 0 saturated heterocycles. The lowest BCUT2D eigenvalue weighted by molar-refractivity contribution is 0.250. The molecule has 0 radical (unpaired) electrons. The number of hydrogen-bond donors (Lipinski definition) is 1. The van der Waals surface area contributed by atoms with Gasteiger partial charge >= 0.3 is 0 Å². The summed E-state index contributed by atoms with van der Waals surface area (Å²) in [6, 6.07) is 0.829. The maximum atomic E-state index is 5.57. The van der Waals surface area contributed by atoms with Gasteiger partial charge in [-0.2, -0.15) is 0 Å². The summed E-state index contributed by atoms with van der Waals surface area (Å²) in [4.78, 5) is 6.82. The molecule has 4 heteroatoms. The lowest BCUT2D eigenvalue weighted by Crippen LogP contribution is -2.31. The predicted octanol–water partition coefficient (Wildman–Crippen LogP) is 1.00. The smallest absolute Gasteiger partial charge is 0.105 e. The molecule has 2 rings (SSSR count). The van der Waals surface area contributed by atoms with Gasteiger partial charge in [-0.25, -0.2) is 4.98 Å². The minimum absolute atomic E-state index is 0.799. The second-order valence-electron chi connectivity index (χ2n) is 4.58. The van der Waals surface area contributed by atoms with Gasteiger partial charge in [0.05, 0.1) is 0 Å². The normalized spacial score (nSPS) is 15.9. The van der Waals surface area contributed by atoms with Crippen molar-refractivity contribution in [2.24, 2.45) is 5.73 Å². The molecular weight excluding hydrogens is 200 g/mol. The molecule has 16 heavy (non-hydrogen) atoms. The van der Waals surface area contributed by atoms with E-state index in [1.807, 2.05) is 6.20 Å². The summed E-state index contributed by atoms with van der Waals surface area (Å²) in [7, 11) is 0. The van der Waals surface area contributed by atoms with Crippen LogP contribution in [0, 0.1) is 6.92 Å². The van der Waals surface area contributed by atoms with Crippen LogP contribution in [0.4, 0.5) is 0 Å². The second kappa shape index (κ2) is 5.46. The van der Waals surface area contributed by atoms with Crippen molar-refractivity contribution in [1.82, 2.24) is 14.5 Å². The molecule has 0 aliphatic heterocycles. The SMILES string of the molecule is Cc1nccn1CCN(CCCN)C1CC1. The van der Waals surface area contributed by atoms with E-state index in [2.05, 4.69) is 27.6 Å². The highest BCUT2D eigenvalue weighted by Crippen LogP contribution is 2.26. The zero-order valence-corrected chi connectivity index (χ0v) is 10.1. The Morgan fingerprint density at radius 2 is 2.31 bits per heavy atom. The van der Waals surface area contributed by atoms with Crippen LogP contribution >= 0.6 is 0 Å². The minimum Gasteiger partial charge on any atom is -0.334 e. The van der Waals surface area contributed by atoms with Gasteiger partial charge in [0.1, 0.15) is 5.82 Å². The molecule has 1 aromatic heterocycles. The van der Waals surface area contributed by atoms with Crippen molar-refractivity contribution in [1.29, 1.82) is 0 Å². The summed E-state index contributed by atoms with van der Waals surface area (Å²) >= 11 is 0. The Morgan fingerprint density at radius 3 is 2.88 bits per heavy atom. The Hall–Kier alpha value is -0.870. The summed E-state index contributed by atoms with van der Waals surface area (Å²) in [5, 5.41) is 0. The van der Waals surface area contributed by atoms with Crippen LogP contribution in [0.3, 0.4) is 0 Å². The summed E-state index contributed by atoms with van der Waals surface area (Å²) in [6.07, 6.45) is 7.78. The van der Waals surface area contributed by atoms with Crippen molar-refractivity contribution in [2.75, 3.05) is 19.6 Å². The Labute approximate surface area is 97.4 Å². The molecule has 2 N–H and O–H groups in total. The largest absolute Gasteiger partial charge is 0.334 e. The Bertz CT molecular complexity index is 317. The molecule has 0 atom stereocenters. The molecular formula is C12H22N4. The van der Waals surface area contributed by atoms with Crippen LogP contribution in [-0.2, 0) is 6.54 Å². The predicted molar refractivity (Wildman–Crippen MR) is 65.2 cm³/mol. The first-order valence-corrected chi connectivity index (χ1v) is 6.23. The summed E-state index contributed by atoms with van der Waals surface area (Å²) < 4.78 is 2.22. The van der Waals surface area contributed by atoms with Gasteiger partial charge in [-0.3, -0.25) is 4.90 Å². The Morgan fingerprint density at radius 1 is 1.50 bits per heavy atom. The van der Waals surface area contributed by atoms with Gasteiger partial charge in [0.2, 0.25) is 0 Å². The van der Waals surface area contributed by atoms with Crippen molar-refractivity contribution in [3.63, 3.8) is 0 Å². The van der Waals surface area contributed by atoms with Gasteiger partial charge in [-0.05, 0) is 39.3 Å². The Kier molecular flexibility index (Phi) is 3.96. The fraction of sp³-hybridized carbons (Fsp3) is 0.750. The zero-order valence-electron chi connectivity index (χ0n) is 10.1. The maximum absolute atomic E-state index is 5.57. The second-order valence-corrected chi connectivity index (χ2v) is 4.58. The first-order valence-electron chi connectivity index (χ1n) is 6.23. The third-order valence-electron chi connectivity index (χ3n) is 3.26. The lowest BCUT2D eigenvalue weighted by Gasteiger charge is -2.22. The third-order valence-corrected chi connectivity index (χ3v) is 3.26. The molecule has 90 valence electrons. The van der Waals surface area contributed by atoms with Crippen molar-refractivity contribution in [2.45, 2.75) is 38.8 Å². The van der Waals surface area contributed by atoms with Crippen LogP contribution in [0.1, 0.15) is 25.1 Å². The Balaban J connectivity index is 1.79. The molecule has 0 amide bonds. The van der Waals surface area contributed by atoms with E-state index in [0.717, 1.165) is 44.5 Å². The monoisotopic (exact) mass is 222 g/mol. The fourth-order valence-corrected chi connectivity index (χ4v) is 2.09. The van der Waals surface area contributed by atoms with E-state index in [4.69, 9.17) is 5.73 Å². The minimum atomic E-state index is 0.799. The molecule has 1 aliphatic carbocycles. The first-order chi connectivity index (χ1) is 7.81. The van der Waals surface area contributed by atoms with E-state index in [0.29, 0.717) is 0 Å². The van der Waals surface area contributed by atoms with Crippen molar-refractivity contribution >= 4 is 0 Å². The average molecular weight is 222 g/mol. The fourth-order valence-electron chi connectivity index (χ4n) is 2.09. The highest BCUT2D eigenvalue weighted by atomic mass is 15.2. The number of aryl methyl sites for hydroxylation is 1. The van der Waals surface area contributed by atoms with E-state index >= 15 is 0 Å². The highest BCUT2D eigenvalue weighted by molar-refractivity contribution is 4.90. The molecule has 0 bridgehead atoms. The molecule has 0 unspecified atom stereocenters. The zero-order chi connectivity index (χ0) is 11.4. The van der Waals surface area contributed by atoms with Crippen LogP contribution < -0.4 is 5.73 Å².